The van der Waals surface area contributed by atoms with Gasteiger partial charge in [-0.25, -0.2) is 0 Å². The van der Waals surface area contributed by atoms with E-state index in [2.05, 4.69) is 72.7 Å². The number of aliphatic imine (C=N–C) groups is 1. The molecule has 0 atom stereocenters. The summed E-state index contributed by atoms with van der Waals surface area (Å²) in [5.74, 6) is 1.47. The zero-order valence-electron chi connectivity index (χ0n) is 13.8. The molecule has 1 aromatic rings. The highest BCUT2D eigenvalue weighted by molar-refractivity contribution is 14.0. The van der Waals surface area contributed by atoms with E-state index in [1.54, 1.807) is 7.05 Å². The van der Waals surface area contributed by atoms with Crippen LogP contribution in [0, 0.1) is 5.92 Å². The van der Waals surface area contributed by atoms with Gasteiger partial charge in [0.1, 0.15) is 0 Å². The summed E-state index contributed by atoms with van der Waals surface area (Å²) < 4.78 is 0. The lowest BCUT2D eigenvalue weighted by atomic mass is 10.1. The van der Waals surface area contributed by atoms with Crippen molar-refractivity contribution in [1.29, 1.82) is 0 Å². The third-order valence-corrected chi connectivity index (χ3v) is 2.85. The summed E-state index contributed by atoms with van der Waals surface area (Å²) in [5.41, 5.74) is 2.61. The maximum atomic E-state index is 4.23. The van der Waals surface area contributed by atoms with Crippen molar-refractivity contribution in [2.45, 2.75) is 26.9 Å². The van der Waals surface area contributed by atoms with Crippen molar-refractivity contribution in [2.75, 3.05) is 27.7 Å². The minimum Gasteiger partial charge on any atom is -0.356 e. The SMILES string of the molecule is CN=C(NCc1cccc(CN(C)C)c1)NCC(C)C.I. The summed E-state index contributed by atoms with van der Waals surface area (Å²) in [7, 11) is 5.98. The van der Waals surface area contributed by atoms with E-state index in [0.717, 1.165) is 25.6 Å². The van der Waals surface area contributed by atoms with Crippen LogP contribution < -0.4 is 10.6 Å². The first-order valence-electron chi connectivity index (χ1n) is 7.18. The number of nitrogens with one attached hydrogen (secondary N) is 2. The second kappa shape index (κ2) is 10.8. The van der Waals surface area contributed by atoms with Gasteiger partial charge in [0, 0.05) is 26.7 Å². The average Bonchev–Trinajstić information content (AvgIpc) is 2.38. The van der Waals surface area contributed by atoms with Crippen LogP contribution in [0.15, 0.2) is 29.3 Å². The maximum Gasteiger partial charge on any atom is 0.191 e. The summed E-state index contributed by atoms with van der Waals surface area (Å²) in [4.78, 5) is 6.41. The first-order valence-corrected chi connectivity index (χ1v) is 7.18. The number of hydrogen-bond acceptors (Lipinski definition) is 2. The molecule has 5 heteroatoms. The first kappa shape index (κ1) is 20.2. The van der Waals surface area contributed by atoms with E-state index >= 15 is 0 Å². The van der Waals surface area contributed by atoms with Crippen molar-refractivity contribution in [3.05, 3.63) is 35.4 Å². The first-order chi connectivity index (χ1) is 9.51. The van der Waals surface area contributed by atoms with Gasteiger partial charge in [-0.15, -0.1) is 24.0 Å². The predicted molar refractivity (Wildman–Crippen MR) is 102 cm³/mol. The van der Waals surface area contributed by atoms with E-state index in [9.17, 15) is 0 Å². The Kier molecular flexibility index (Phi) is 10.4. The van der Waals surface area contributed by atoms with E-state index in [0.29, 0.717) is 5.92 Å². The van der Waals surface area contributed by atoms with Crippen molar-refractivity contribution in [3.63, 3.8) is 0 Å². The summed E-state index contributed by atoms with van der Waals surface area (Å²) in [5, 5.41) is 6.66. The summed E-state index contributed by atoms with van der Waals surface area (Å²) in [6, 6.07) is 8.65. The van der Waals surface area contributed by atoms with E-state index in [4.69, 9.17) is 0 Å². The van der Waals surface area contributed by atoms with Crippen LogP contribution in [0.2, 0.25) is 0 Å². The lowest BCUT2D eigenvalue weighted by Gasteiger charge is -2.14. The molecule has 120 valence electrons. The molecule has 0 aromatic heterocycles. The summed E-state index contributed by atoms with van der Waals surface area (Å²) in [6.07, 6.45) is 0. The smallest absolute Gasteiger partial charge is 0.191 e. The van der Waals surface area contributed by atoms with Crippen molar-refractivity contribution in [3.8, 4) is 0 Å². The quantitative estimate of drug-likeness (QED) is 0.435. The Bertz CT molecular complexity index is 430. The molecule has 0 heterocycles. The van der Waals surface area contributed by atoms with Gasteiger partial charge in [0.05, 0.1) is 0 Å². The fourth-order valence-electron chi connectivity index (χ4n) is 1.91. The van der Waals surface area contributed by atoms with Crippen molar-refractivity contribution in [1.82, 2.24) is 15.5 Å². The number of hydrogen-bond donors (Lipinski definition) is 2. The molecule has 2 N–H and O–H groups in total. The average molecular weight is 404 g/mol. The third kappa shape index (κ3) is 8.93. The fourth-order valence-corrected chi connectivity index (χ4v) is 1.91. The number of nitrogens with zero attached hydrogens (tertiary/aromatic N) is 2. The number of rotatable bonds is 6. The molecule has 1 rings (SSSR count). The van der Waals surface area contributed by atoms with Gasteiger partial charge in [-0.2, -0.15) is 0 Å². The highest BCUT2D eigenvalue weighted by Crippen LogP contribution is 2.06. The van der Waals surface area contributed by atoms with Crippen molar-refractivity contribution < 1.29 is 0 Å². The molecule has 0 aliphatic rings. The lowest BCUT2D eigenvalue weighted by Crippen LogP contribution is -2.38. The topological polar surface area (TPSA) is 39.7 Å². The van der Waals surface area contributed by atoms with Crippen LogP contribution in [0.1, 0.15) is 25.0 Å². The zero-order chi connectivity index (χ0) is 15.0. The number of benzene rings is 1. The van der Waals surface area contributed by atoms with E-state index < -0.39 is 0 Å². The summed E-state index contributed by atoms with van der Waals surface area (Å²) >= 11 is 0. The van der Waals surface area contributed by atoms with Crippen LogP contribution in [0.3, 0.4) is 0 Å². The molecular formula is C16H29IN4. The predicted octanol–water partition coefficient (Wildman–Crippen LogP) is 2.69. The van der Waals surface area contributed by atoms with Gasteiger partial charge in [0.2, 0.25) is 0 Å². The fraction of sp³-hybridized carbons (Fsp3) is 0.562. The highest BCUT2D eigenvalue weighted by Gasteiger charge is 2.01. The van der Waals surface area contributed by atoms with Crippen LogP contribution >= 0.6 is 24.0 Å². The molecule has 0 aliphatic heterocycles. The van der Waals surface area contributed by atoms with Crippen LogP contribution in [0.25, 0.3) is 0 Å². The molecule has 0 unspecified atom stereocenters. The van der Waals surface area contributed by atoms with Gasteiger partial charge in [0.25, 0.3) is 0 Å². The Morgan fingerprint density at radius 1 is 1.19 bits per heavy atom. The molecule has 0 bridgehead atoms. The normalized spacial score (nSPS) is 11.5. The molecule has 0 saturated heterocycles. The van der Waals surface area contributed by atoms with Gasteiger partial charge in [-0.1, -0.05) is 38.1 Å². The standard InChI is InChI=1S/C16H28N4.HI/c1-13(2)10-18-16(17-3)19-11-14-7-6-8-15(9-14)12-20(4)5;/h6-9,13H,10-12H2,1-5H3,(H2,17,18,19);1H. The molecule has 0 radical (unpaired) electrons. The highest BCUT2D eigenvalue weighted by atomic mass is 127. The Hall–Kier alpha value is -0.820. The Morgan fingerprint density at radius 2 is 1.86 bits per heavy atom. The molecule has 4 nitrogen and oxygen atoms in total. The van der Waals surface area contributed by atoms with Gasteiger partial charge >= 0.3 is 0 Å². The van der Waals surface area contributed by atoms with Crippen LogP contribution in [-0.4, -0.2) is 38.5 Å². The van der Waals surface area contributed by atoms with Crippen molar-refractivity contribution in [2.24, 2.45) is 10.9 Å². The van der Waals surface area contributed by atoms with Gasteiger partial charge in [-0.05, 0) is 31.1 Å². The molecule has 1 aromatic carbocycles. The summed E-state index contributed by atoms with van der Waals surface area (Å²) in [6.45, 7) is 7.06. The molecule has 0 amide bonds. The molecule has 0 spiro atoms. The Morgan fingerprint density at radius 3 is 2.43 bits per heavy atom. The lowest BCUT2D eigenvalue weighted by molar-refractivity contribution is 0.402. The van der Waals surface area contributed by atoms with Gasteiger partial charge in [0.15, 0.2) is 5.96 Å². The van der Waals surface area contributed by atoms with Gasteiger partial charge < -0.3 is 15.5 Å². The Balaban J connectivity index is 0.00000400. The van der Waals surface area contributed by atoms with Crippen LogP contribution in [0.4, 0.5) is 0 Å². The van der Waals surface area contributed by atoms with Crippen LogP contribution in [0.5, 0.6) is 0 Å². The van der Waals surface area contributed by atoms with E-state index in [1.807, 2.05) is 0 Å². The van der Waals surface area contributed by atoms with Crippen molar-refractivity contribution >= 4 is 29.9 Å². The second-order valence-electron chi connectivity index (χ2n) is 5.76. The molecule has 0 aliphatic carbocycles. The number of halogens is 1. The van der Waals surface area contributed by atoms with E-state index in [-0.39, 0.29) is 24.0 Å². The molecule has 21 heavy (non-hydrogen) atoms. The van der Waals surface area contributed by atoms with Gasteiger partial charge in [-0.3, -0.25) is 4.99 Å². The Labute approximate surface area is 146 Å². The molecular weight excluding hydrogens is 375 g/mol. The zero-order valence-corrected chi connectivity index (χ0v) is 16.1. The van der Waals surface area contributed by atoms with Crippen LogP contribution in [-0.2, 0) is 13.1 Å². The molecule has 0 fully saturated rings. The largest absolute Gasteiger partial charge is 0.356 e. The van der Waals surface area contributed by atoms with E-state index in [1.165, 1.54) is 11.1 Å². The third-order valence-electron chi connectivity index (χ3n) is 2.85. The minimum absolute atomic E-state index is 0. The minimum atomic E-state index is 0. The number of guanidine groups is 1. The monoisotopic (exact) mass is 404 g/mol. The molecule has 0 saturated carbocycles. The second-order valence-corrected chi connectivity index (χ2v) is 5.76. The maximum absolute atomic E-state index is 4.23.